The van der Waals surface area contributed by atoms with Crippen LogP contribution in [-0.4, -0.2) is 58.4 Å². The molecule has 0 radical (unpaired) electrons. The molecule has 38 heavy (non-hydrogen) atoms. The highest BCUT2D eigenvalue weighted by molar-refractivity contribution is 7.92. The van der Waals surface area contributed by atoms with Gasteiger partial charge in [0.25, 0.3) is 10.0 Å². The second-order valence-electron chi connectivity index (χ2n) is 8.52. The molecule has 3 aromatic rings. The number of methoxy groups -OCH3 is 1. The summed E-state index contributed by atoms with van der Waals surface area (Å²) in [5.41, 5.74) is 1.27. The minimum absolute atomic E-state index is 0.00442. The molecule has 1 atom stereocenters. The van der Waals surface area contributed by atoms with Crippen molar-refractivity contribution in [2.45, 2.75) is 30.7 Å². The Morgan fingerprint density at radius 3 is 2.16 bits per heavy atom. The summed E-state index contributed by atoms with van der Waals surface area (Å²) in [4.78, 5) is 28.0. The Bertz CT molecular complexity index is 1320. The Labute approximate surface area is 229 Å². The minimum Gasteiger partial charge on any atom is -0.497 e. The van der Waals surface area contributed by atoms with E-state index < -0.39 is 28.5 Å². The molecule has 0 saturated carbocycles. The molecule has 10 heteroatoms. The number of carbonyl (C=O) groups is 2. The quantitative estimate of drug-likeness (QED) is 0.361. The van der Waals surface area contributed by atoms with Crippen LogP contribution in [0.15, 0.2) is 83.8 Å². The van der Waals surface area contributed by atoms with E-state index in [0.29, 0.717) is 23.6 Å². The first-order valence-electron chi connectivity index (χ1n) is 12.2. The normalized spacial score (nSPS) is 11.9. The number of likely N-dealkylation sites (N-methyl/N-ethyl adjacent to an activating group) is 1. The monoisotopic (exact) mass is 557 g/mol. The Balaban J connectivity index is 1.99. The third kappa shape index (κ3) is 7.05. The van der Waals surface area contributed by atoms with E-state index in [1.807, 2.05) is 37.3 Å². The molecular formula is C28H32ClN3O5S. The van der Waals surface area contributed by atoms with E-state index in [-0.39, 0.29) is 23.0 Å². The number of rotatable bonds is 12. The van der Waals surface area contributed by atoms with Crippen molar-refractivity contribution in [3.8, 4) is 5.75 Å². The predicted octanol–water partition coefficient (Wildman–Crippen LogP) is 4.14. The molecule has 0 fully saturated rings. The number of amides is 2. The Morgan fingerprint density at radius 2 is 1.61 bits per heavy atom. The SMILES string of the molecule is CC[C@H](C(=O)NC)N(CCc1ccccc1)C(=O)CN(c1ccc(Cl)cc1)S(=O)(=O)c1ccc(OC)cc1. The summed E-state index contributed by atoms with van der Waals surface area (Å²) < 4.78 is 33.8. The molecule has 0 heterocycles. The van der Waals surface area contributed by atoms with Crippen molar-refractivity contribution in [2.75, 3.05) is 31.6 Å². The van der Waals surface area contributed by atoms with Gasteiger partial charge in [-0.3, -0.25) is 13.9 Å². The van der Waals surface area contributed by atoms with Crippen molar-refractivity contribution in [1.29, 1.82) is 0 Å². The summed E-state index contributed by atoms with van der Waals surface area (Å²) in [6.07, 6.45) is 0.874. The van der Waals surface area contributed by atoms with Gasteiger partial charge in [-0.1, -0.05) is 48.9 Å². The van der Waals surface area contributed by atoms with E-state index in [0.717, 1.165) is 9.87 Å². The molecule has 0 aliphatic rings. The lowest BCUT2D eigenvalue weighted by atomic mass is 10.1. The van der Waals surface area contributed by atoms with Crippen LogP contribution >= 0.6 is 11.6 Å². The predicted molar refractivity (Wildman–Crippen MR) is 149 cm³/mol. The number of nitrogens with one attached hydrogen (secondary N) is 1. The molecule has 3 aromatic carbocycles. The zero-order valence-electron chi connectivity index (χ0n) is 21.6. The zero-order valence-corrected chi connectivity index (χ0v) is 23.2. The zero-order chi connectivity index (χ0) is 27.7. The molecule has 0 unspecified atom stereocenters. The van der Waals surface area contributed by atoms with Crippen LogP contribution in [0.25, 0.3) is 0 Å². The molecule has 2 amide bonds. The topological polar surface area (TPSA) is 96.0 Å². The third-order valence-corrected chi connectivity index (χ3v) is 8.20. The maximum Gasteiger partial charge on any atom is 0.264 e. The summed E-state index contributed by atoms with van der Waals surface area (Å²) in [6, 6.07) is 21.0. The number of halogens is 1. The van der Waals surface area contributed by atoms with Crippen LogP contribution in [0.3, 0.4) is 0 Å². The van der Waals surface area contributed by atoms with E-state index in [9.17, 15) is 18.0 Å². The molecule has 0 spiro atoms. The Kier molecular flexibility index (Phi) is 10.2. The largest absolute Gasteiger partial charge is 0.497 e. The number of sulfonamides is 1. The third-order valence-electron chi connectivity index (χ3n) is 6.16. The van der Waals surface area contributed by atoms with Gasteiger partial charge in [0.2, 0.25) is 11.8 Å². The lowest BCUT2D eigenvalue weighted by Crippen LogP contribution is -2.52. The second-order valence-corrected chi connectivity index (χ2v) is 10.8. The average molecular weight is 558 g/mol. The van der Waals surface area contributed by atoms with Crippen molar-refractivity contribution in [1.82, 2.24) is 10.2 Å². The van der Waals surface area contributed by atoms with Gasteiger partial charge in [0.05, 0.1) is 17.7 Å². The molecule has 202 valence electrons. The highest BCUT2D eigenvalue weighted by atomic mass is 35.5. The van der Waals surface area contributed by atoms with Crippen LogP contribution in [0.1, 0.15) is 18.9 Å². The number of anilines is 1. The van der Waals surface area contributed by atoms with Crippen molar-refractivity contribution in [3.05, 3.63) is 89.4 Å². The van der Waals surface area contributed by atoms with E-state index in [1.54, 1.807) is 36.4 Å². The fraction of sp³-hybridized carbons (Fsp3) is 0.286. The molecule has 8 nitrogen and oxygen atoms in total. The van der Waals surface area contributed by atoms with E-state index >= 15 is 0 Å². The van der Waals surface area contributed by atoms with Gasteiger partial charge in [-0.15, -0.1) is 0 Å². The van der Waals surface area contributed by atoms with E-state index in [2.05, 4.69) is 5.32 Å². The van der Waals surface area contributed by atoms with Crippen LogP contribution in [0.2, 0.25) is 5.02 Å². The minimum atomic E-state index is -4.16. The number of benzene rings is 3. The highest BCUT2D eigenvalue weighted by Crippen LogP contribution is 2.27. The van der Waals surface area contributed by atoms with Crippen molar-refractivity contribution in [3.63, 3.8) is 0 Å². The van der Waals surface area contributed by atoms with Crippen molar-refractivity contribution in [2.24, 2.45) is 0 Å². The lowest BCUT2D eigenvalue weighted by Gasteiger charge is -2.33. The van der Waals surface area contributed by atoms with Crippen LogP contribution in [-0.2, 0) is 26.0 Å². The van der Waals surface area contributed by atoms with Crippen LogP contribution < -0.4 is 14.4 Å². The maximum absolute atomic E-state index is 13.8. The number of hydrogen-bond donors (Lipinski definition) is 1. The molecular weight excluding hydrogens is 526 g/mol. The standard InChI is InChI=1S/C28H32ClN3O5S/c1-4-26(28(34)30-2)31(19-18-21-8-6-5-7-9-21)27(33)20-32(23-12-10-22(29)11-13-23)38(35,36)25-16-14-24(37-3)15-17-25/h5-17,26H,4,18-20H2,1-3H3,(H,30,34)/t26-/m1/s1. The summed E-state index contributed by atoms with van der Waals surface area (Å²) in [5.74, 6) is -0.310. The lowest BCUT2D eigenvalue weighted by molar-refractivity contribution is -0.139. The molecule has 0 saturated heterocycles. The van der Waals surface area contributed by atoms with Gasteiger partial charge in [-0.25, -0.2) is 8.42 Å². The summed E-state index contributed by atoms with van der Waals surface area (Å²) in [7, 11) is -1.16. The van der Waals surface area contributed by atoms with Gasteiger partial charge in [-0.05, 0) is 66.9 Å². The molecule has 0 aliphatic heterocycles. The van der Waals surface area contributed by atoms with Gasteiger partial charge in [0.15, 0.2) is 0 Å². The Morgan fingerprint density at radius 1 is 0.974 bits per heavy atom. The van der Waals surface area contributed by atoms with Gasteiger partial charge in [0, 0.05) is 18.6 Å². The van der Waals surface area contributed by atoms with Crippen molar-refractivity contribution < 1.29 is 22.7 Å². The number of hydrogen-bond acceptors (Lipinski definition) is 5. The summed E-state index contributed by atoms with van der Waals surface area (Å²) >= 11 is 6.05. The smallest absolute Gasteiger partial charge is 0.264 e. The molecule has 0 aliphatic carbocycles. The Hall–Kier alpha value is -3.56. The first-order valence-corrected chi connectivity index (χ1v) is 14.0. The molecule has 1 N–H and O–H groups in total. The number of ether oxygens (including phenoxy) is 1. The number of nitrogens with zero attached hydrogens (tertiary/aromatic N) is 2. The van der Waals surface area contributed by atoms with E-state index in [4.69, 9.17) is 16.3 Å². The van der Waals surface area contributed by atoms with Crippen molar-refractivity contribution >= 4 is 39.1 Å². The van der Waals surface area contributed by atoms with Gasteiger partial charge in [-0.2, -0.15) is 0 Å². The fourth-order valence-electron chi connectivity index (χ4n) is 4.07. The number of carbonyl (C=O) groups excluding carboxylic acids is 2. The molecule has 0 aromatic heterocycles. The van der Waals surface area contributed by atoms with Gasteiger partial charge >= 0.3 is 0 Å². The molecule has 0 bridgehead atoms. The van der Waals surface area contributed by atoms with Crippen LogP contribution in [0.5, 0.6) is 5.75 Å². The van der Waals surface area contributed by atoms with Gasteiger partial charge < -0.3 is 15.0 Å². The average Bonchev–Trinajstić information content (AvgIpc) is 2.94. The fourth-order valence-corrected chi connectivity index (χ4v) is 5.61. The first-order chi connectivity index (χ1) is 18.2. The highest BCUT2D eigenvalue weighted by Gasteiger charge is 2.33. The van der Waals surface area contributed by atoms with Gasteiger partial charge in [0.1, 0.15) is 18.3 Å². The second kappa shape index (κ2) is 13.3. The van der Waals surface area contributed by atoms with Crippen LogP contribution in [0, 0.1) is 0 Å². The first kappa shape index (κ1) is 29.0. The van der Waals surface area contributed by atoms with Crippen LogP contribution in [0.4, 0.5) is 5.69 Å². The summed E-state index contributed by atoms with van der Waals surface area (Å²) in [5, 5.41) is 3.04. The maximum atomic E-state index is 13.8. The van der Waals surface area contributed by atoms with E-state index in [1.165, 1.54) is 31.2 Å². The summed E-state index contributed by atoms with van der Waals surface area (Å²) in [6.45, 7) is 1.55. The molecule has 3 rings (SSSR count).